The predicted octanol–water partition coefficient (Wildman–Crippen LogP) is 1.47. The number of carbonyl (C=O) groups excluding carboxylic acids is 1. The molecule has 0 bridgehead atoms. The molecule has 0 unspecified atom stereocenters. The Bertz CT molecular complexity index is 567. The van der Waals surface area contributed by atoms with E-state index in [-0.39, 0.29) is 47.4 Å². The number of aromatic nitrogens is 1. The lowest BCUT2D eigenvalue weighted by Gasteiger charge is -1.92. The van der Waals surface area contributed by atoms with Crippen molar-refractivity contribution in [1.29, 1.82) is 0 Å². The minimum atomic E-state index is -1.13. The Balaban J connectivity index is 0.00000128. The Morgan fingerprint density at radius 1 is 1.29 bits per heavy atom. The van der Waals surface area contributed by atoms with E-state index in [0.717, 1.165) is 0 Å². The highest BCUT2D eigenvalue weighted by molar-refractivity contribution is 6.01. The Hall–Kier alpha value is -1.79. The van der Waals surface area contributed by atoms with Crippen LogP contribution >= 0.6 is 24.8 Å². The molecule has 0 aliphatic carbocycles. The van der Waals surface area contributed by atoms with Crippen LogP contribution in [0, 0.1) is 0 Å². The van der Waals surface area contributed by atoms with E-state index >= 15 is 0 Å². The maximum Gasteiger partial charge on any atom is 0.338 e. The van der Waals surface area contributed by atoms with Crippen molar-refractivity contribution in [3.05, 3.63) is 29.7 Å². The van der Waals surface area contributed by atoms with E-state index in [9.17, 15) is 9.59 Å². The summed E-state index contributed by atoms with van der Waals surface area (Å²) in [6.07, 6.45) is 0. The molecule has 0 atom stereocenters. The first-order valence-corrected chi connectivity index (χ1v) is 4.02. The lowest BCUT2D eigenvalue weighted by Crippen LogP contribution is -2.11. The summed E-state index contributed by atoms with van der Waals surface area (Å²) in [4.78, 5) is 25.3. The van der Waals surface area contributed by atoms with Gasteiger partial charge in [-0.05, 0) is 12.1 Å². The molecule has 17 heavy (non-hydrogen) atoms. The van der Waals surface area contributed by atoms with Crippen molar-refractivity contribution < 1.29 is 19.1 Å². The molecule has 1 aromatic heterocycles. The molecule has 0 aliphatic rings. The molecule has 1 heterocycles. The quantitative estimate of drug-likeness (QED) is 0.865. The standard InChI is InChI=1S/C9H6N2O4.2ClH/c10-7(12)8-11-6-4(9(13)14)2-1-3-5(6)15-8;;/h1-3H,(H2,10,12)(H,13,14);2*1H. The zero-order valence-corrected chi connectivity index (χ0v) is 9.88. The van der Waals surface area contributed by atoms with Gasteiger partial charge in [0.15, 0.2) is 5.58 Å². The van der Waals surface area contributed by atoms with Gasteiger partial charge in [0.05, 0.1) is 5.56 Å². The molecule has 2 rings (SSSR count). The normalized spacial score (nSPS) is 9.18. The van der Waals surface area contributed by atoms with Crippen molar-refractivity contribution in [3.8, 4) is 0 Å². The van der Waals surface area contributed by atoms with Gasteiger partial charge < -0.3 is 15.3 Å². The number of nitrogens with two attached hydrogens (primary N) is 1. The van der Waals surface area contributed by atoms with Crippen LogP contribution in [0.5, 0.6) is 0 Å². The Kier molecular flexibility index (Phi) is 4.93. The zero-order valence-electron chi connectivity index (χ0n) is 8.25. The fourth-order valence-corrected chi connectivity index (χ4v) is 1.23. The molecular formula is C9H8Cl2N2O4. The van der Waals surface area contributed by atoms with Crippen LogP contribution in [0.15, 0.2) is 22.6 Å². The van der Waals surface area contributed by atoms with Gasteiger partial charge in [0.2, 0.25) is 0 Å². The number of hydrogen-bond donors (Lipinski definition) is 2. The molecule has 0 aliphatic heterocycles. The number of benzene rings is 1. The SMILES string of the molecule is Cl.Cl.NC(=O)c1nc2c(C(=O)O)cccc2o1. The van der Waals surface area contributed by atoms with Crippen molar-refractivity contribution in [3.63, 3.8) is 0 Å². The molecule has 0 saturated heterocycles. The van der Waals surface area contributed by atoms with E-state index in [2.05, 4.69) is 4.98 Å². The third kappa shape index (κ3) is 2.66. The van der Waals surface area contributed by atoms with E-state index in [1.807, 2.05) is 0 Å². The van der Waals surface area contributed by atoms with Gasteiger partial charge in [0, 0.05) is 0 Å². The number of primary amides is 1. The summed E-state index contributed by atoms with van der Waals surface area (Å²) in [6, 6.07) is 4.39. The number of carbonyl (C=O) groups is 2. The van der Waals surface area contributed by atoms with Gasteiger partial charge in [-0.3, -0.25) is 4.79 Å². The third-order valence-electron chi connectivity index (χ3n) is 1.86. The molecule has 2 aromatic rings. The van der Waals surface area contributed by atoms with E-state index in [1.54, 1.807) is 0 Å². The summed E-state index contributed by atoms with van der Waals surface area (Å²) in [5, 5.41) is 8.83. The Morgan fingerprint density at radius 2 is 1.94 bits per heavy atom. The number of rotatable bonds is 2. The highest BCUT2D eigenvalue weighted by Gasteiger charge is 2.16. The molecule has 0 fully saturated rings. The highest BCUT2D eigenvalue weighted by atomic mass is 35.5. The van der Waals surface area contributed by atoms with Gasteiger partial charge in [0.25, 0.3) is 5.89 Å². The molecular weight excluding hydrogens is 271 g/mol. The summed E-state index contributed by atoms with van der Waals surface area (Å²) in [5.74, 6) is -2.26. The maximum absolute atomic E-state index is 10.8. The highest BCUT2D eigenvalue weighted by Crippen LogP contribution is 2.19. The van der Waals surface area contributed by atoms with Crippen molar-refractivity contribution in [1.82, 2.24) is 4.98 Å². The monoisotopic (exact) mass is 278 g/mol. The van der Waals surface area contributed by atoms with E-state index < -0.39 is 11.9 Å². The van der Waals surface area contributed by atoms with Crippen LogP contribution in [0.1, 0.15) is 21.0 Å². The van der Waals surface area contributed by atoms with Gasteiger partial charge in [-0.2, -0.15) is 0 Å². The number of halogens is 2. The minimum absolute atomic E-state index is 0. The molecule has 3 N–H and O–H groups in total. The van der Waals surface area contributed by atoms with Crippen LogP contribution in [-0.2, 0) is 0 Å². The smallest absolute Gasteiger partial charge is 0.338 e. The molecule has 92 valence electrons. The molecule has 8 heteroatoms. The van der Waals surface area contributed by atoms with E-state index in [4.69, 9.17) is 15.3 Å². The number of amides is 1. The van der Waals surface area contributed by atoms with E-state index in [1.165, 1.54) is 18.2 Å². The number of carboxylic acid groups (broad SMARTS) is 1. The molecule has 0 radical (unpaired) electrons. The van der Waals surface area contributed by atoms with Crippen molar-refractivity contribution in [2.45, 2.75) is 0 Å². The molecule has 6 nitrogen and oxygen atoms in total. The minimum Gasteiger partial charge on any atom is -0.478 e. The third-order valence-corrected chi connectivity index (χ3v) is 1.86. The Labute approximate surface area is 108 Å². The average Bonchev–Trinajstić information content (AvgIpc) is 2.60. The predicted molar refractivity (Wildman–Crippen MR) is 64.0 cm³/mol. The van der Waals surface area contributed by atoms with Crippen molar-refractivity contribution in [2.75, 3.05) is 0 Å². The van der Waals surface area contributed by atoms with E-state index in [0.29, 0.717) is 0 Å². The maximum atomic E-state index is 10.8. The number of para-hydroxylation sites is 1. The van der Waals surface area contributed by atoms with Gasteiger partial charge in [-0.1, -0.05) is 6.07 Å². The second kappa shape index (κ2) is 5.51. The average molecular weight is 279 g/mol. The largest absolute Gasteiger partial charge is 0.478 e. The number of hydrogen-bond acceptors (Lipinski definition) is 4. The lowest BCUT2D eigenvalue weighted by atomic mass is 10.2. The molecule has 0 saturated carbocycles. The van der Waals surface area contributed by atoms with Crippen LogP contribution in [0.3, 0.4) is 0 Å². The zero-order chi connectivity index (χ0) is 11.0. The van der Waals surface area contributed by atoms with Crippen LogP contribution in [0.2, 0.25) is 0 Å². The number of aromatic carboxylic acids is 1. The van der Waals surface area contributed by atoms with Gasteiger partial charge in [0.1, 0.15) is 5.52 Å². The van der Waals surface area contributed by atoms with Crippen molar-refractivity contribution in [2.24, 2.45) is 5.73 Å². The topological polar surface area (TPSA) is 106 Å². The fraction of sp³-hybridized carbons (Fsp3) is 0. The number of nitrogens with zero attached hydrogens (tertiary/aromatic N) is 1. The number of carboxylic acids is 1. The van der Waals surface area contributed by atoms with Gasteiger partial charge in [-0.25, -0.2) is 9.78 Å². The summed E-state index contributed by atoms with van der Waals surface area (Å²) in [5.41, 5.74) is 5.29. The Morgan fingerprint density at radius 3 is 2.47 bits per heavy atom. The van der Waals surface area contributed by atoms with Crippen LogP contribution in [0.25, 0.3) is 11.1 Å². The summed E-state index contributed by atoms with van der Waals surface area (Å²) >= 11 is 0. The lowest BCUT2D eigenvalue weighted by molar-refractivity contribution is 0.0698. The fourth-order valence-electron chi connectivity index (χ4n) is 1.23. The summed E-state index contributed by atoms with van der Waals surface area (Å²) in [6.45, 7) is 0. The molecule has 1 aromatic carbocycles. The van der Waals surface area contributed by atoms with Crippen LogP contribution in [-0.4, -0.2) is 22.0 Å². The summed E-state index contributed by atoms with van der Waals surface area (Å²) in [7, 11) is 0. The van der Waals surface area contributed by atoms with Crippen LogP contribution in [0.4, 0.5) is 0 Å². The second-order valence-electron chi connectivity index (χ2n) is 2.84. The van der Waals surface area contributed by atoms with Crippen molar-refractivity contribution >= 4 is 47.8 Å². The first kappa shape index (κ1) is 15.2. The van der Waals surface area contributed by atoms with Gasteiger partial charge in [-0.15, -0.1) is 24.8 Å². The number of oxazole rings is 1. The first-order valence-electron chi connectivity index (χ1n) is 4.02. The second-order valence-corrected chi connectivity index (χ2v) is 2.84. The summed E-state index contributed by atoms with van der Waals surface area (Å²) < 4.78 is 4.97. The number of fused-ring (bicyclic) bond motifs is 1. The first-order chi connectivity index (χ1) is 7.09. The van der Waals surface area contributed by atoms with Crippen LogP contribution < -0.4 is 5.73 Å². The van der Waals surface area contributed by atoms with Gasteiger partial charge >= 0.3 is 11.9 Å². The molecule has 0 spiro atoms. The molecule has 1 amide bonds.